The molecule has 0 fully saturated rings. The second-order valence-electron chi connectivity index (χ2n) is 4.28. The van der Waals surface area contributed by atoms with Gasteiger partial charge in [-0.1, -0.05) is 29.3 Å². The number of hydrogen-bond acceptors (Lipinski definition) is 2. The summed E-state index contributed by atoms with van der Waals surface area (Å²) < 4.78 is 0. The predicted octanol–water partition coefficient (Wildman–Crippen LogP) is 2.77. The molecule has 0 atom stereocenters. The lowest BCUT2D eigenvalue weighted by atomic mass is 10.1. The van der Waals surface area contributed by atoms with Crippen molar-refractivity contribution in [3.63, 3.8) is 0 Å². The molecule has 0 aliphatic carbocycles. The van der Waals surface area contributed by atoms with Gasteiger partial charge in [-0.2, -0.15) is 0 Å². The number of rotatable bonds is 5. The van der Waals surface area contributed by atoms with Crippen LogP contribution in [0.25, 0.3) is 0 Å². The van der Waals surface area contributed by atoms with Crippen LogP contribution in [0.3, 0.4) is 0 Å². The van der Waals surface area contributed by atoms with E-state index >= 15 is 0 Å². The molecule has 0 heterocycles. The van der Waals surface area contributed by atoms with Gasteiger partial charge in [0, 0.05) is 22.6 Å². The van der Waals surface area contributed by atoms with Gasteiger partial charge in [-0.15, -0.1) is 0 Å². The highest BCUT2D eigenvalue weighted by molar-refractivity contribution is 6.36. The standard InChI is InChI=1S/C13H17Cl2NO2/c1-9(2)16(6-7-17)13(18)8-10-11(14)4-3-5-12(10)15/h3-5,9,17H,6-8H2,1-2H3. The fourth-order valence-electron chi connectivity index (χ4n) is 1.73. The van der Waals surface area contributed by atoms with Gasteiger partial charge in [-0.3, -0.25) is 4.79 Å². The molecule has 1 aromatic carbocycles. The topological polar surface area (TPSA) is 40.5 Å². The normalized spacial score (nSPS) is 10.8. The third-order valence-corrected chi connectivity index (χ3v) is 3.38. The van der Waals surface area contributed by atoms with Crippen molar-refractivity contribution in [1.29, 1.82) is 0 Å². The van der Waals surface area contributed by atoms with Crippen LogP contribution >= 0.6 is 23.2 Å². The van der Waals surface area contributed by atoms with Crippen molar-refractivity contribution >= 4 is 29.1 Å². The summed E-state index contributed by atoms with van der Waals surface area (Å²) in [5.74, 6) is -0.0888. The first-order chi connectivity index (χ1) is 8.47. The van der Waals surface area contributed by atoms with E-state index < -0.39 is 0 Å². The van der Waals surface area contributed by atoms with Crippen molar-refractivity contribution in [2.75, 3.05) is 13.2 Å². The molecular formula is C13H17Cl2NO2. The number of amides is 1. The molecule has 0 bridgehead atoms. The fourth-order valence-corrected chi connectivity index (χ4v) is 2.26. The predicted molar refractivity (Wildman–Crippen MR) is 74.1 cm³/mol. The third kappa shape index (κ3) is 3.87. The van der Waals surface area contributed by atoms with Gasteiger partial charge in [-0.05, 0) is 31.5 Å². The number of benzene rings is 1. The molecule has 0 aromatic heterocycles. The summed E-state index contributed by atoms with van der Waals surface area (Å²) in [7, 11) is 0. The van der Waals surface area contributed by atoms with Gasteiger partial charge in [0.1, 0.15) is 0 Å². The van der Waals surface area contributed by atoms with Crippen molar-refractivity contribution in [2.45, 2.75) is 26.3 Å². The van der Waals surface area contributed by atoms with Crippen molar-refractivity contribution < 1.29 is 9.90 Å². The molecule has 0 unspecified atom stereocenters. The Morgan fingerprint density at radius 2 is 1.89 bits per heavy atom. The van der Waals surface area contributed by atoms with Crippen LogP contribution in [0.1, 0.15) is 19.4 Å². The van der Waals surface area contributed by atoms with E-state index in [1.54, 1.807) is 23.1 Å². The zero-order chi connectivity index (χ0) is 13.7. The highest BCUT2D eigenvalue weighted by Crippen LogP contribution is 2.25. The summed E-state index contributed by atoms with van der Waals surface area (Å²) in [6, 6.07) is 5.20. The molecular weight excluding hydrogens is 273 g/mol. The maximum Gasteiger partial charge on any atom is 0.227 e. The van der Waals surface area contributed by atoms with E-state index in [0.717, 1.165) is 0 Å². The van der Waals surface area contributed by atoms with E-state index in [2.05, 4.69) is 0 Å². The smallest absolute Gasteiger partial charge is 0.227 e. The Bertz CT molecular complexity index is 401. The van der Waals surface area contributed by atoms with E-state index in [9.17, 15) is 4.79 Å². The average molecular weight is 290 g/mol. The van der Waals surface area contributed by atoms with E-state index in [-0.39, 0.29) is 25.0 Å². The molecule has 5 heteroatoms. The first-order valence-corrected chi connectivity index (χ1v) is 6.56. The fraction of sp³-hybridized carbons (Fsp3) is 0.462. The quantitative estimate of drug-likeness (QED) is 0.906. The molecule has 100 valence electrons. The molecule has 1 rings (SSSR count). The van der Waals surface area contributed by atoms with Gasteiger partial charge in [0.05, 0.1) is 13.0 Å². The number of carbonyl (C=O) groups excluding carboxylic acids is 1. The molecule has 1 amide bonds. The van der Waals surface area contributed by atoms with Gasteiger partial charge >= 0.3 is 0 Å². The van der Waals surface area contributed by atoms with E-state index in [1.807, 2.05) is 13.8 Å². The molecule has 0 aliphatic rings. The first kappa shape index (κ1) is 15.3. The van der Waals surface area contributed by atoms with Crippen molar-refractivity contribution in [2.24, 2.45) is 0 Å². The highest BCUT2D eigenvalue weighted by Gasteiger charge is 2.19. The molecule has 0 spiro atoms. The third-order valence-electron chi connectivity index (χ3n) is 2.67. The highest BCUT2D eigenvalue weighted by atomic mass is 35.5. The molecule has 18 heavy (non-hydrogen) atoms. The molecule has 0 radical (unpaired) electrons. The largest absolute Gasteiger partial charge is 0.395 e. The summed E-state index contributed by atoms with van der Waals surface area (Å²) >= 11 is 12.1. The van der Waals surface area contributed by atoms with Gasteiger partial charge in [0.25, 0.3) is 0 Å². The van der Waals surface area contributed by atoms with Crippen LogP contribution in [0.2, 0.25) is 10.0 Å². The Kier molecular flexibility index (Phi) is 5.93. The summed E-state index contributed by atoms with van der Waals surface area (Å²) in [4.78, 5) is 13.8. The van der Waals surface area contributed by atoms with Crippen molar-refractivity contribution in [3.05, 3.63) is 33.8 Å². The Hall–Kier alpha value is -0.770. The zero-order valence-electron chi connectivity index (χ0n) is 10.5. The summed E-state index contributed by atoms with van der Waals surface area (Å²) in [5, 5.41) is 9.94. The van der Waals surface area contributed by atoms with Gasteiger partial charge in [0.2, 0.25) is 5.91 Å². The molecule has 0 saturated carbocycles. The van der Waals surface area contributed by atoms with Crippen LogP contribution in [0.4, 0.5) is 0 Å². The molecule has 1 aromatic rings. The molecule has 0 saturated heterocycles. The maximum absolute atomic E-state index is 12.1. The Labute approximate surface area is 117 Å². The van der Waals surface area contributed by atoms with Crippen LogP contribution in [0, 0.1) is 0 Å². The summed E-state index contributed by atoms with van der Waals surface area (Å²) in [6.07, 6.45) is 0.149. The number of carbonyl (C=O) groups is 1. The molecule has 0 aliphatic heterocycles. The number of nitrogens with zero attached hydrogens (tertiary/aromatic N) is 1. The van der Waals surface area contributed by atoms with Crippen LogP contribution in [-0.2, 0) is 11.2 Å². The van der Waals surface area contributed by atoms with E-state index in [0.29, 0.717) is 22.2 Å². The minimum absolute atomic E-state index is 0.0333. The maximum atomic E-state index is 12.1. The number of halogens is 2. The Balaban J connectivity index is 2.86. The minimum Gasteiger partial charge on any atom is -0.395 e. The summed E-state index contributed by atoms with van der Waals surface area (Å²) in [5.41, 5.74) is 0.634. The summed E-state index contributed by atoms with van der Waals surface area (Å²) in [6.45, 7) is 4.07. The van der Waals surface area contributed by atoms with Crippen LogP contribution in [-0.4, -0.2) is 35.1 Å². The second kappa shape index (κ2) is 6.98. The minimum atomic E-state index is -0.0888. The van der Waals surface area contributed by atoms with Crippen molar-refractivity contribution in [3.8, 4) is 0 Å². The van der Waals surface area contributed by atoms with Crippen LogP contribution in [0.5, 0.6) is 0 Å². The number of aliphatic hydroxyl groups is 1. The van der Waals surface area contributed by atoms with Crippen LogP contribution < -0.4 is 0 Å². The monoisotopic (exact) mass is 289 g/mol. The van der Waals surface area contributed by atoms with Crippen molar-refractivity contribution in [1.82, 2.24) is 4.90 Å². The lowest BCUT2D eigenvalue weighted by Crippen LogP contribution is -2.40. The number of aliphatic hydroxyl groups excluding tert-OH is 1. The van der Waals surface area contributed by atoms with Crippen LogP contribution in [0.15, 0.2) is 18.2 Å². The van der Waals surface area contributed by atoms with Gasteiger partial charge < -0.3 is 10.0 Å². The molecule has 1 N–H and O–H groups in total. The zero-order valence-corrected chi connectivity index (χ0v) is 12.0. The lowest BCUT2D eigenvalue weighted by molar-refractivity contribution is -0.132. The van der Waals surface area contributed by atoms with Gasteiger partial charge in [0.15, 0.2) is 0 Å². The first-order valence-electron chi connectivity index (χ1n) is 5.80. The number of hydrogen-bond donors (Lipinski definition) is 1. The second-order valence-corrected chi connectivity index (χ2v) is 5.10. The average Bonchev–Trinajstić information content (AvgIpc) is 2.30. The lowest BCUT2D eigenvalue weighted by Gasteiger charge is -2.26. The molecule has 3 nitrogen and oxygen atoms in total. The van der Waals surface area contributed by atoms with E-state index in [4.69, 9.17) is 28.3 Å². The Morgan fingerprint density at radius 3 is 2.33 bits per heavy atom. The SMILES string of the molecule is CC(C)N(CCO)C(=O)Cc1c(Cl)cccc1Cl. The Morgan fingerprint density at radius 1 is 1.33 bits per heavy atom. The van der Waals surface area contributed by atoms with Gasteiger partial charge in [-0.25, -0.2) is 0 Å². The van der Waals surface area contributed by atoms with E-state index in [1.165, 1.54) is 0 Å².